The molecule has 2 atom stereocenters. The van der Waals surface area contributed by atoms with Crippen LogP contribution in [0.3, 0.4) is 0 Å². The number of piperidine rings is 1. The fourth-order valence-electron chi connectivity index (χ4n) is 6.09. The van der Waals surface area contributed by atoms with Gasteiger partial charge in [-0.2, -0.15) is 0 Å². The number of likely N-dealkylation sites (tertiary alicyclic amines) is 1. The van der Waals surface area contributed by atoms with Crippen LogP contribution in [-0.4, -0.2) is 125 Å². The van der Waals surface area contributed by atoms with Crippen LogP contribution in [0.15, 0.2) is 24.3 Å². The summed E-state index contributed by atoms with van der Waals surface area (Å²) < 4.78 is 11.1. The molecule has 2 aromatic rings. The minimum absolute atomic E-state index is 0.0829. The number of piperazine rings is 1. The number of hydrogen-bond donors (Lipinski definition) is 3. The molecule has 0 radical (unpaired) electrons. The number of nitrogens with zero attached hydrogens (tertiary/aromatic N) is 4. The van der Waals surface area contributed by atoms with Gasteiger partial charge >= 0.3 is 12.1 Å². The van der Waals surface area contributed by atoms with Crippen LogP contribution in [0.2, 0.25) is 0 Å². The highest BCUT2D eigenvalue weighted by molar-refractivity contribution is 5.99. The highest BCUT2D eigenvalue weighted by Gasteiger charge is 2.35. The Labute approximate surface area is 284 Å². The lowest BCUT2D eigenvalue weighted by atomic mass is 10.0. The van der Waals surface area contributed by atoms with E-state index < -0.39 is 36.0 Å². The Morgan fingerprint density at radius 2 is 1.71 bits per heavy atom. The monoisotopic (exact) mass is 680 g/mol. The van der Waals surface area contributed by atoms with Crippen LogP contribution >= 0.6 is 0 Å². The second-order valence-corrected chi connectivity index (χ2v) is 12.7. The van der Waals surface area contributed by atoms with Gasteiger partial charge in [0, 0.05) is 56.6 Å². The van der Waals surface area contributed by atoms with Gasteiger partial charge in [0.1, 0.15) is 23.5 Å². The van der Waals surface area contributed by atoms with E-state index in [1.54, 1.807) is 24.0 Å². The molecule has 3 aliphatic rings. The number of amides is 5. The largest absolute Gasteiger partial charge is 0.483 e. The normalized spacial score (nSPS) is 18.4. The molecule has 1 aromatic heterocycles. The molecule has 0 spiro atoms. The summed E-state index contributed by atoms with van der Waals surface area (Å²) in [5, 5.41) is 15.6. The molecule has 5 rings (SSSR count). The first-order chi connectivity index (χ1) is 23.5. The first-order valence-corrected chi connectivity index (χ1v) is 16.9. The number of ether oxygens (including phenoxy) is 2. The molecule has 0 bridgehead atoms. The van der Waals surface area contributed by atoms with Crippen molar-refractivity contribution in [3.63, 3.8) is 0 Å². The molecule has 15 nitrogen and oxygen atoms in total. The van der Waals surface area contributed by atoms with Crippen molar-refractivity contribution >= 4 is 46.6 Å². The second kappa shape index (κ2) is 16.0. The molecule has 1 aliphatic carbocycles. The third-order valence-corrected chi connectivity index (χ3v) is 8.93. The Bertz CT molecular complexity index is 1590. The smallest absolute Gasteiger partial charge is 0.409 e. The van der Waals surface area contributed by atoms with Crippen molar-refractivity contribution in [3.05, 3.63) is 35.5 Å². The van der Waals surface area contributed by atoms with Crippen LogP contribution in [0, 0.1) is 6.92 Å². The molecule has 1 aromatic carbocycles. The van der Waals surface area contributed by atoms with E-state index in [2.05, 4.69) is 15.6 Å². The summed E-state index contributed by atoms with van der Waals surface area (Å²) in [7, 11) is 0. The summed E-state index contributed by atoms with van der Waals surface area (Å²) >= 11 is 0. The molecule has 2 saturated heterocycles. The van der Waals surface area contributed by atoms with Gasteiger partial charge in [-0.15, -0.1) is 0 Å². The minimum atomic E-state index is -1.17. The Morgan fingerprint density at radius 3 is 2.41 bits per heavy atom. The summed E-state index contributed by atoms with van der Waals surface area (Å²) in [6.45, 7) is 4.73. The zero-order valence-electron chi connectivity index (χ0n) is 27.9. The number of hydrogen-bond acceptors (Lipinski definition) is 9. The number of fused-ring (bicyclic) bond motifs is 1. The van der Waals surface area contributed by atoms with E-state index >= 15 is 0 Å². The quantitative estimate of drug-likeness (QED) is 0.299. The summed E-state index contributed by atoms with van der Waals surface area (Å²) in [5.41, 5.74) is 1.22. The van der Waals surface area contributed by atoms with Gasteiger partial charge in [-0.1, -0.05) is 6.07 Å². The number of carbonyl (C=O) groups is 6. The number of nitrogens with one attached hydrogen (secondary N) is 2. The topological polar surface area (TPSA) is 188 Å². The second-order valence-electron chi connectivity index (χ2n) is 12.7. The van der Waals surface area contributed by atoms with Crippen molar-refractivity contribution in [3.8, 4) is 5.75 Å². The van der Waals surface area contributed by atoms with Crippen molar-refractivity contribution in [2.45, 2.75) is 76.9 Å². The predicted octanol–water partition coefficient (Wildman–Crippen LogP) is 1.85. The van der Waals surface area contributed by atoms with E-state index in [0.717, 1.165) is 31.2 Å². The Balaban J connectivity index is 1.31. The van der Waals surface area contributed by atoms with Crippen molar-refractivity contribution in [1.29, 1.82) is 0 Å². The molecule has 3 N–H and O–H groups in total. The highest BCUT2D eigenvalue weighted by atomic mass is 16.6. The van der Waals surface area contributed by atoms with E-state index in [0.29, 0.717) is 23.9 Å². The molecule has 3 heterocycles. The lowest BCUT2D eigenvalue weighted by molar-refractivity contribution is -0.143. The SMILES string of the molecule is CCOC(=O)N1CCN(C(=O)[C@H](CCC(=O)O)NC(=O)c2cc(OCC(=O)N3CCCC[C@@H]3C(=O)NC3CC3)c3ccc(C)cc3n2)CC1. The summed E-state index contributed by atoms with van der Waals surface area (Å²) in [6, 6.07) is 5.24. The van der Waals surface area contributed by atoms with Crippen molar-refractivity contribution in [2.24, 2.45) is 0 Å². The van der Waals surface area contributed by atoms with E-state index in [9.17, 15) is 33.9 Å². The first-order valence-electron chi connectivity index (χ1n) is 16.9. The summed E-state index contributed by atoms with van der Waals surface area (Å²) in [6.07, 6.45) is 3.10. The molecule has 0 unspecified atom stereocenters. The zero-order chi connectivity index (χ0) is 35.1. The lowest BCUT2D eigenvalue weighted by Gasteiger charge is -2.36. The predicted molar refractivity (Wildman–Crippen MR) is 176 cm³/mol. The van der Waals surface area contributed by atoms with Gasteiger partial charge in [-0.3, -0.25) is 24.0 Å². The van der Waals surface area contributed by atoms with Crippen LogP contribution in [-0.2, 0) is 23.9 Å². The number of aryl methyl sites for hydroxylation is 1. The molecule has 49 heavy (non-hydrogen) atoms. The van der Waals surface area contributed by atoms with E-state index in [-0.39, 0.29) is 81.5 Å². The van der Waals surface area contributed by atoms with Crippen LogP contribution in [0.5, 0.6) is 5.75 Å². The fraction of sp³-hybridized carbons (Fsp3) is 0.559. The molecular formula is C34H44N6O9. The molecule has 5 amide bonds. The molecule has 264 valence electrons. The standard InChI is InChI=1S/C34H44N6O9/c1-3-48-34(47)39-16-14-38(15-17-39)33(46)24(11-12-30(42)43)37-31(44)26-19-28(23-10-7-21(2)18-25(23)36-26)49-20-29(41)40-13-5-4-6-27(40)32(45)35-22-8-9-22/h7,10,18-19,22,24,27H,3-6,8-9,11-17,20H2,1-2H3,(H,35,45)(H,37,44)(H,42,43)/t24-,27+/m0/s1. The Hall–Kier alpha value is -4.95. The van der Waals surface area contributed by atoms with Gasteiger partial charge in [0.2, 0.25) is 11.8 Å². The van der Waals surface area contributed by atoms with Gasteiger partial charge in [-0.05, 0) is 70.1 Å². The van der Waals surface area contributed by atoms with Gasteiger partial charge in [0.05, 0.1) is 12.1 Å². The number of pyridine rings is 1. The van der Waals surface area contributed by atoms with Crippen molar-refractivity contribution < 1.29 is 43.3 Å². The number of carboxylic acids is 1. The van der Waals surface area contributed by atoms with E-state index in [1.165, 1.54) is 15.9 Å². The summed E-state index contributed by atoms with van der Waals surface area (Å²) in [5.74, 6) is -2.59. The maximum absolute atomic E-state index is 13.6. The average molecular weight is 681 g/mol. The van der Waals surface area contributed by atoms with Gasteiger partial charge in [0.15, 0.2) is 6.61 Å². The highest BCUT2D eigenvalue weighted by Crippen LogP contribution is 2.28. The number of rotatable bonds is 12. The van der Waals surface area contributed by atoms with Crippen molar-refractivity contribution in [2.75, 3.05) is 45.9 Å². The Kier molecular flexibility index (Phi) is 11.5. The maximum Gasteiger partial charge on any atom is 0.409 e. The van der Waals surface area contributed by atoms with Crippen molar-refractivity contribution in [1.82, 2.24) is 30.3 Å². The van der Waals surface area contributed by atoms with Crippen LogP contribution in [0.4, 0.5) is 4.79 Å². The first kappa shape index (κ1) is 35.4. The maximum atomic E-state index is 13.6. The number of aliphatic carboxylic acids is 1. The Morgan fingerprint density at radius 1 is 0.980 bits per heavy atom. The van der Waals surface area contributed by atoms with Crippen LogP contribution < -0.4 is 15.4 Å². The third kappa shape index (κ3) is 9.15. The number of carboxylic acid groups (broad SMARTS) is 1. The summed E-state index contributed by atoms with van der Waals surface area (Å²) in [4.78, 5) is 86.0. The van der Waals surface area contributed by atoms with Crippen LogP contribution in [0.25, 0.3) is 10.9 Å². The van der Waals surface area contributed by atoms with Gasteiger partial charge < -0.3 is 39.9 Å². The van der Waals surface area contributed by atoms with Gasteiger partial charge in [0.25, 0.3) is 11.8 Å². The third-order valence-electron chi connectivity index (χ3n) is 8.93. The minimum Gasteiger partial charge on any atom is -0.483 e. The zero-order valence-corrected chi connectivity index (χ0v) is 27.9. The number of benzene rings is 1. The average Bonchev–Trinajstić information content (AvgIpc) is 3.92. The molecule has 3 fully saturated rings. The van der Waals surface area contributed by atoms with E-state index in [4.69, 9.17) is 9.47 Å². The van der Waals surface area contributed by atoms with E-state index in [1.807, 2.05) is 13.0 Å². The van der Waals surface area contributed by atoms with Gasteiger partial charge in [-0.25, -0.2) is 9.78 Å². The molecule has 2 aliphatic heterocycles. The molecular weight excluding hydrogens is 636 g/mol. The van der Waals surface area contributed by atoms with Crippen LogP contribution in [0.1, 0.15) is 67.9 Å². The molecule has 15 heteroatoms. The number of aromatic nitrogens is 1. The molecule has 1 saturated carbocycles. The lowest BCUT2D eigenvalue weighted by Crippen LogP contribution is -2.56. The fourth-order valence-corrected chi connectivity index (χ4v) is 6.09. The number of carbonyl (C=O) groups excluding carboxylic acids is 5.